The van der Waals surface area contributed by atoms with Crippen molar-refractivity contribution in [2.24, 2.45) is 23.7 Å². The van der Waals surface area contributed by atoms with Crippen LogP contribution in [-0.4, -0.2) is 83.9 Å². The standard InChI is InChI=1S/2C23H34N2O3/c2*1-15(2)19-13-9-7-11-17(5)28-20-14-10-8-12-18(20)23(27)25(6)21(16(3)4)22(26)24-19/h2*7-10,12,14-17,19,21H,11,13H2,1-6H3,(H,24,26)/b9-7+;9-7-/t2*17-,19+,21+/m11/s1. The van der Waals surface area contributed by atoms with E-state index in [0.717, 1.165) is 25.7 Å². The number of benzene rings is 2. The number of hydrogen-bond donors (Lipinski definition) is 2. The number of nitrogens with zero attached hydrogens (tertiary/aromatic N) is 2. The number of carbonyl (C=O) groups is 4. The molecule has 308 valence electrons. The third-order valence-electron chi connectivity index (χ3n) is 10.5. The summed E-state index contributed by atoms with van der Waals surface area (Å²) in [5.41, 5.74) is 0.966. The van der Waals surface area contributed by atoms with Crippen molar-refractivity contribution in [2.75, 3.05) is 14.1 Å². The lowest BCUT2D eigenvalue weighted by Crippen LogP contribution is -2.53. The van der Waals surface area contributed by atoms with Gasteiger partial charge in [-0.05, 0) is 74.6 Å². The lowest BCUT2D eigenvalue weighted by molar-refractivity contribution is -0.128. The van der Waals surface area contributed by atoms with E-state index in [0.29, 0.717) is 34.5 Å². The molecular formula is C46H68N4O6. The highest BCUT2D eigenvalue weighted by Gasteiger charge is 2.34. The molecule has 6 atom stereocenters. The molecule has 0 saturated heterocycles. The number of ether oxygens (including phenoxy) is 2. The minimum atomic E-state index is -0.550. The molecule has 0 aliphatic carbocycles. The lowest BCUT2D eigenvalue weighted by Gasteiger charge is -2.33. The van der Waals surface area contributed by atoms with Gasteiger partial charge < -0.3 is 29.9 Å². The lowest BCUT2D eigenvalue weighted by atomic mass is 9.96. The van der Waals surface area contributed by atoms with Gasteiger partial charge in [0.05, 0.1) is 23.3 Å². The summed E-state index contributed by atoms with van der Waals surface area (Å²) in [6.45, 7) is 20.3. The van der Waals surface area contributed by atoms with E-state index in [1.54, 1.807) is 36.0 Å². The highest BCUT2D eigenvalue weighted by Crippen LogP contribution is 2.26. The zero-order chi connectivity index (χ0) is 41.7. The quantitative estimate of drug-likeness (QED) is 0.304. The van der Waals surface area contributed by atoms with Gasteiger partial charge in [-0.15, -0.1) is 0 Å². The first kappa shape index (κ1) is 45.8. The molecule has 2 aromatic rings. The van der Waals surface area contributed by atoms with Crippen LogP contribution in [0.1, 0.15) is 116 Å². The van der Waals surface area contributed by atoms with Crippen molar-refractivity contribution < 1.29 is 28.7 Å². The number of fused-ring (bicyclic) bond motifs is 2. The average molecular weight is 773 g/mol. The molecule has 4 amide bonds. The number of nitrogens with one attached hydrogen (secondary N) is 2. The summed E-state index contributed by atoms with van der Waals surface area (Å²) >= 11 is 0. The predicted molar refractivity (Wildman–Crippen MR) is 225 cm³/mol. The minimum absolute atomic E-state index is 0.0165. The SMILES string of the molecule is CC(C)[C@@H]1C/C=C/C[C@@H](C)Oc2ccccc2C(=O)N(C)[C@@H](C(C)C)C(=O)N1.CC(C)[C@@H]1C/C=C\C[C@@H](C)Oc2ccccc2C(=O)N(C)[C@@H](C(C)C)C(=O)N1. The Kier molecular flexibility index (Phi) is 17.7. The van der Waals surface area contributed by atoms with Gasteiger partial charge in [0.15, 0.2) is 0 Å². The average Bonchev–Trinajstić information content (AvgIpc) is 3.13. The Labute approximate surface area is 336 Å². The molecule has 2 aliphatic rings. The summed E-state index contributed by atoms with van der Waals surface area (Å²) in [5.74, 6) is 1.05. The Morgan fingerprint density at radius 3 is 1.16 bits per heavy atom. The van der Waals surface area contributed by atoms with Crippen LogP contribution in [0.2, 0.25) is 0 Å². The van der Waals surface area contributed by atoms with E-state index in [1.807, 2.05) is 77.9 Å². The normalized spacial score (nSPS) is 25.7. The Hall–Kier alpha value is -4.60. The van der Waals surface area contributed by atoms with Crippen molar-refractivity contribution in [3.63, 3.8) is 0 Å². The Bertz CT molecular complexity index is 1540. The van der Waals surface area contributed by atoms with E-state index in [2.05, 4.69) is 62.6 Å². The van der Waals surface area contributed by atoms with Crippen molar-refractivity contribution in [2.45, 2.75) is 131 Å². The van der Waals surface area contributed by atoms with Crippen molar-refractivity contribution in [3.05, 3.63) is 84.0 Å². The summed E-state index contributed by atoms with van der Waals surface area (Å²) in [7, 11) is 3.39. The molecular weight excluding hydrogens is 705 g/mol. The third-order valence-corrected chi connectivity index (χ3v) is 10.5. The number of carbonyl (C=O) groups excluding carboxylic acids is 4. The van der Waals surface area contributed by atoms with E-state index in [-0.39, 0.29) is 59.8 Å². The monoisotopic (exact) mass is 773 g/mol. The molecule has 0 saturated carbocycles. The highest BCUT2D eigenvalue weighted by molar-refractivity contribution is 6.00. The van der Waals surface area contributed by atoms with E-state index in [1.165, 1.54) is 0 Å². The molecule has 10 nitrogen and oxygen atoms in total. The van der Waals surface area contributed by atoms with Crippen LogP contribution in [-0.2, 0) is 9.59 Å². The van der Waals surface area contributed by atoms with Gasteiger partial charge in [0.1, 0.15) is 23.6 Å². The second-order valence-corrected chi connectivity index (χ2v) is 16.7. The Morgan fingerprint density at radius 2 is 0.839 bits per heavy atom. The third kappa shape index (κ3) is 12.7. The second kappa shape index (κ2) is 21.6. The van der Waals surface area contributed by atoms with Gasteiger partial charge in [-0.25, -0.2) is 0 Å². The smallest absolute Gasteiger partial charge is 0.258 e. The highest BCUT2D eigenvalue weighted by atomic mass is 16.5. The molecule has 0 spiro atoms. The molecule has 10 heteroatoms. The van der Waals surface area contributed by atoms with Crippen molar-refractivity contribution >= 4 is 23.6 Å². The van der Waals surface area contributed by atoms with Crippen LogP contribution < -0.4 is 20.1 Å². The Balaban J connectivity index is 0.000000300. The fraction of sp³-hybridized carbons (Fsp3) is 0.565. The van der Waals surface area contributed by atoms with Crippen molar-refractivity contribution in [1.29, 1.82) is 0 Å². The maximum Gasteiger partial charge on any atom is 0.258 e. The maximum absolute atomic E-state index is 13.2. The van der Waals surface area contributed by atoms with Crippen molar-refractivity contribution in [1.82, 2.24) is 20.4 Å². The number of rotatable bonds is 4. The summed E-state index contributed by atoms with van der Waals surface area (Å²) in [6.07, 6.45) is 11.3. The van der Waals surface area contributed by atoms with Gasteiger partial charge in [-0.2, -0.15) is 0 Å². The van der Waals surface area contributed by atoms with Crippen LogP contribution in [0.15, 0.2) is 72.8 Å². The topological polar surface area (TPSA) is 117 Å². The molecule has 0 radical (unpaired) electrons. The summed E-state index contributed by atoms with van der Waals surface area (Å²) in [5, 5.41) is 6.35. The van der Waals surface area contributed by atoms with Gasteiger partial charge in [0.25, 0.3) is 11.8 Å². The molecule has 0 unspecified atom stereocenters. The fourth-order valence-corrected chi connectivity index (χ4v) is 7.10. The van der Waals surface area contributed by atoms with Crippen LogP contribution in [0.5, 0.6) is 11.5 Å². The minimum Gasteiger partial charge on any atom is -0.490 e. The molecule has 2 aromatic carbocycles. The summed E-state index contributed by atoms with van der Waals surface area (Å²) < 4.78 is 12.1. The van der Waals surface area contributed by atoms with E-state index in [4.69, 9.17) is 9.47 Å². The molecule has 2 N–H and O–H groups in total. The molecule has 0 bridgehead atoms. The van der Waals surface area contributed by atoms with Gasteiger partial charge in [0.2, 0.25) is 11.8 Å². The molecule has 4 rings (SSSR count). The molecule has 56 heavy (non-hydrogen) atoms. The first-order valence-electron chi connectivity index (χ1n) is 20.4. The maximum atomic E-state index is 13.2. The first-order valence-corrected chi connectivity index (χ1v) is 20.4. The van der Waals surface area contributed by atoms with Crippen LogP contribution >= 0.6 is 0 Å². The van der Waals surface area contributed by atoms with Crippen LogP contribution in [0.3, 0.4) is 0 Å². The van der Waals surface area contributed by atoms with Crippen LogP contribution in [0, 0.1) is 23.7 Å². The van der Waals surface area contributed by atoms with Crippen molar-refractivity contribution in [3.8, 4) is 11.5 Å². The Morgan fingerprint density at radius 1 is 0.518 bits per heavy atom. The number of amides is 4. The zero-order valence-electron chi connectivity index (χ0n) is 35.9. The van der Waals surface area contributed by atoms with E-state index < -0.39 is 12.1 Å². The fourth-order valence-electron chi connectivity index (χ4n) is 7.10. The predicted octanol–water partition coefficient (Wildman–Crippen LogP) is 8.08. The van der Waals surface area contributed by atoms with Gasteiger partial charge in [0, 0.05) is 39.0 Å². The van der Waals surface area contributed by atoms with Gasteiger partial charge in [-0.1, -0.05) is 104 Å². The second-order valence-electron chi connectivity index (χ2n) is 16.7. The van der Waals surface area contributed by atoms with Crippen LogP contribution in [0.4, 0.5) is 0 Å². The van der Waals surface area contributed by atoms with Gasteiger partial charge >= 0.3 is 0 Å². The number of para-hydroxylation sites is 2. The largest absolute Gasteiger partial charge is 0.490 e. The van der Waals surface area contributed by atoms with E-state index in [9.17, 15) is 19.2 Å². The molecule has 2 aliphatic heterocycles. The number of likely N-dealkylation sites (N-methyl/N-ethyl adjacent to an activating group) is 2. The number of hydrogen-bond acceptors (Lipinski definition) is 6. The summed E-state index contributed by atoms with van der Waals surface area (Å²) in [4.78, 5) is 55.8. The first-order chi connectivity index (χ1) is 26.4. The molecule has 2 heterocycles. The molecule has 0 aromatic heterocycles. The summed E-state index contributed by atoms with van der Waals surface area (Å²) in [6, 6.07) is 13.5. The van der Waals surface area contributed by atoms with Gasteiger partial charge in [-0.3, -0.25) is 19.2 Å². The molecule has 0 fully saturated rings. The van der Waals surface area contributed by atoms with Crippen LogP contribution in [0.25, 0.3) is 0 Å². The van der Waals surface area contributed by atoms with E-state index >= 15 is 0 Å². The zero-order valence-corrected chi connectivity index (χ0v) is 35.9.